The summed E-state index contributed by atoms with van der Waals surface area (Å²) in [6.07, 6.45) is 0. The molecule has 0 radical (unpaired) electrons. The minimum absolute atomic E-state index is 0.262. The van der Waals surface area contributed by atoms with Crippen molar-refractivity contribution in [2.45, 2.75) is 6.92 Å². The van der Waals surface area contributed by atoms with Crippen molar-refractivity contribution in [3.63, 3.8) is 0 Å². The van der Waals surface area contributed by atoms with Gasteiger partial charge in [-0.1, -0.05) is 12.1 Å². The van der Waals surface area contributed by atoms with E-state index in [-0.39, 0.29) is 11.6 Å². The topological polar surface area (TPSA) is 15.8 Å². The van der Waals surface area contributed by atoms with E-state index in [4.69, 9.17) is 0 Å². The van der Waals surface area contributed by atoms with Crippen LogP contribution >= 0.6 is 0 Å². The fraction of sp³-hybridized carbons (Fsp3) is 0.0667. The van der Waals surface area contributed by atoms with E-state index in [9.17, 15) is 8.78 Å². The predicted molar refractivity (Wildman–Crippen MR) is 68.4 cm³/mol. The second kappa shape index (κ2) is 3.95. The van der Waals surface area contributed by atoms with Crippen LogP contribution in [0.5, 0.6) is 0 Å². The van der Waals surface area contributed by atoms with E-state index in [0.29, 0.717) is 0 Å². The molecule has 0 atom stereocenters. The van der Waals surface area contributed by atoms with Crippen LogP contribution in [0.3, 0.4) is 0 Å². The smallest absolute Gasteiger partial charge is 0.125 e. The number of aromatic nitrogens is 1. The summed E-state index contributed by atoms with van der Waals surface area (Å²) in [5.41, 5.74) is 3.62. The Kier molecular flexibility index (Phi) is 2.40. The Hall–Kier alpha value is -2.16. The fourth-order valence-corrected chi connectivity index (χ4v) is 2.29. The van der Waals surface area contributed by atoms with E-state index < -0.39 is 0 Å². The Morgan fingerprint density at radius 3 is 2.28 bits per heavy atom. The number of hydrogen-bond acceptors (Lipinski definition) is 0. The van der Waals surface area contributed by atoms with Crippen LogP contribution in [0.4, 0.5) is 8.78 Å². The molecule has 1 nitrogen and oxygen atoms in total. The predicted octanol–water partition coefficient (Wildman–Crippen LogP) is 4.42. The maximum Gasteiger partial charge on any atom is 0.125 e. The van der Waals surface area contributed by atoms with Crippen molar-refractivity contribution in [1.29, 1.82) is 0 Å². The van der Waals surface area contributed by atoms with Gasteiger partial charge in [0.2, 0.25) is 0 Å². The first-order chi connectivity index (χ1) is 8.65. The highest BCUT2D eigenvalue weighted by Gasteiger charge is 2.10. The van der Waals surface area contributed by atoms with Gasteiger partial charge in [0.05, 0.1) is 0 Å². The standard InChI is InChI=1S/C15H11F2N/c1-9-15(10-2-4-11(16)5-3-10)13-7-6-12(17)8-14(13)18-9/h2-8,18H,1H3. The number of aromatic amines is 1. The van der Waals surface area contributed by atoms with E-state index in [1.165, 1.54) is 24.3 Å². The normalized spacial score (nSPS) is 11.1. The van der Waals surface area contributed by atoms with Crippen molar-refractivity contribution in [2.24, 2.45) is 0 Å². The molecule has 0 amide bonds. The van der Waals surface area contributed by atoms with Gasteiger partial charge in [0.25, 0.3) is 0 Å². The third kappa shape index (κ3) is 1.68. The molecule has 3 aromatic rings. The highest BCUT2D eigenvalue weighted by molar-refractivity contribution is 5.97. The Morgan fingerprint density at radius 1 is 0.889 bits per heavy atom. The van der Waals surface area contributed by atoms with E-state index in [1.54, 1.807) is 18.2 Å². The number of hydrogen-bond donors (Lipinski definition) is 1. The molecular weight excluding hydrogens is 232 g/mol. The maximum absolute atomic E-state index is 13.2. The van der Waals surface area contributed by atoms with E-state index in [2.05, 4.69) is 4.98 Å². The van der Waals surface area contributed by atoms with Gasteiger partial charge < -0.3 is 4.98 Å². The van der Waals surface area contributed by atoms with Crippen molar-refractivity contribution < 1.29 is 8.78 Å². The van der Waals surface area contributed by atoms with Crippen molar-refractivity contribution in [3.05, 3.63) is 59.8 Å². The van der Waals surface area contributed by atoms with Crippen molar-refractivity contribution >= 4 is 10.9 Å². The zero-order chi connectivity index (χ0) is 12.7. The summed E-state index contributed by atoms with van der Waals surface area (Å²) in [5.74, 6) is -0.531. The lowest BCUT2D eigenvalue weighted by Gasteiger charge is -2.01. The summed E-state index contributed by atoms with van der Waals surface area (Å²) in [6.45, 7) is 1.93. The first kappa shape index (κ1) is 11.0. The van der Waals surface area contributed by atoms with Crippen molar-refractivity contribution in [1.82, 2.24) is 4.98 Å². The quantitative estimate of drug-likeness (QED) is 0.651. The zero-order valence-corrected chi connectivity index (χ0v) is 9.80. The van der Waals surface area contributed by atoms with Gasteiger partial charge >= 0.3 is 0 Å². The number of fused-ring (bicyclic) bond motifs is 1. The highest BCUT2D eigenvalue weighted by Crippen LogP contribution is 2.32. The van der Waals surface area contributed by atoms with E-state index in [0.717, 1.165) is 27.7 Å². The number of rotatable bonds is 1. The summed E-state index contributed by atoms with van der Waals surface area (Å²) in [4.78, 5) is 3.15. The molecular formula is C15H11F2N. The molecule has 0 aliphatic rings. The Labute approximate surface area is 103 Å². The summed E-state index contributed by atoms with van der Waals surface area (Å²) < 4.78 is 26.1. The molecule has 1 aromatic heterocycles. The largest absolute Gasteiger partial charge is 0.358 e. The molecule has 3 heteroatoms. The number of benzene rings is 2. The summed E-state index contributed by atoms with van der Waals surface area (Å²) >= 11 is 0. The molecule has 1 heterocycles. The highest BCUT2D eigenvalue weighted by atomic mass is 19.1. The molecule has 0 spiro atoms. The van der Waals surface area contributed by atoms with Gasteiger partial charge in [-0.2, -0.15) is 0 Å². The molecule has 0 saturated carbocycles. The van der Waals surface area contributed by atoms with E-state index in [1.807, 2.05) is 6.92 Å². The maximum atomic E-state index is 13.2. The van der Waals surface area contributed by atoms with Crippen LogP contribution in [0.1, 0.15) is 5.69 Å². The van der Waals surface area contributed by atoms with Crippen LogP contribution < -0.4 is 0 Å². The van der Waals surface area contributed by atoms with Gasteiger partial charge in [-0.15, -0.1) is 0 Å². The van der Waals surface area contributed by atoms with Crippen LogP contribution in [0, 0.1) is 18.6 Å². The lowest BCUT2D eigenvalue weighted by atomic mass is 10.0. The van der Waals surface area contributed by atoms with Crippen LogP contribution in [-0.4, -0.2) is 4.98 Å². The van der Waals surface area contributed by atoms with Crippen molar-refractivity contribution in [2.75, 3.05) is 0 Å². The lowest BCUT2D eigenvalue weighted by Crippen LogP contribution is -1.80. The number of halogens is 2. The SMILES string of the molecule is Cc1[nH]c2cc(F)ccc2c1-c1ccc(F)cc1. The minimum atomic E-state index is -0.269. The average Bonchev–Trinajstić information content (AvgIpc) is 2.65. The Morgan fingerprint density at radius 2 is 1.56 bits per heavy atom. The monoisotopic (exact) mass is 243 g/mol. The average molecular weight is 243 g/mol. The molecule has 1 N–H and O–H groups in total. The lowest BCUT2D eigenvalue weighted by molar-refractivity contribution is 0.628. The van der Waals surface area contributed by atoms with Crippen LogP contribution in [-0.2, 0) is 0 Å². The first-order valence-corrected chi connectivity index (χ1v) is 5.69. The second-order valence-corrected chi connectivity index (χ2v) is 4.32. The van der Waals surface area contributed by atoms with Gasteiger partial charge in [0, 0.05) is 22.2 Å². The Balaban J connectivity index is 2.28. The van der Waals surface area contributed by atoms with Crippen LogP contribution in [0.15, 0.2) is 42.5 Å². The molecule has 0 aliphatic heterocycles. The molecule has 3 rings (SSSR count). The van der Waals surface area contributed by atoms with Gasteiger partial charge in [0.1, 0.15) is 11.6 Å². The molecule has 2 aromatic carbocycles. The number of nitrogens with one attached hydrogen (secondary N) is 1. The molecule has 0 saturated heterocycles. The molecule has 18 heavy (non-hydrogen) atoms. The Bertz CT molecular complexity index is 711. The number of H-pyrrole nitrogens is 1. The molecule has 90 valence electrons. The summed E-state index contributed by atoms with van der Waals surface area (Å²) in [7, 11) is 0. The molecule has 0 unspecified atom stereocenters. The van der Waals surface area contributed by atoms with Gasteiger partial charge in [0.15, 0.2) is 0 Å². The third-order valence-corrected chi connectivity index (χ3v) is 3.08. The zero-order valence-electron chi connectivity index (χ0n) is 9.80. The van der Waals surface area contributed by atoms with Crippen molar-refractivity contribution in [3.8, 4) is 11.1 Å². The van der Waals surface area contributed by atoms with E-state index >= 15 is 0 Å². The van der Waals surface area contributed by atoms with Crippen LogP contribution in [0.2, 0.25) is 0 Å². The summed E-state index contributed by atoms with van der Waals surface area (Å²) in [5, 5.41) is 0.945. The van der Waals surface area contributed by atoms with Gasteiger partial charge in [-0.25, -0.2) is 8.78 Å². The number of aryl methyl sites for hydroxylation is 1. The molecule has 0 aliphatic carbocycles. The third-order valence-electron chi connectivity index (χ3n) is 3.08. The molecule has 0 bridgehead atoms. The fourth-order valence-electron chi connectivity index (χ4n) is 2.29. The van der Waals surface area contributed by atoms with Crippen LogP contribution in [0.25, 0.3) is 22.0 Å². The van der Waals surface area contributed by atoms with Gasteiger partial charge in [-0.3, -0.25) is 0 Å². The molecule has 0 fully saturated rings. The van der Waals surface area contributed by atoms with Gasteiger partial charge in [-0.05, 0) is 42.8 Å². The second-order valence-electron chi connectivity index (χ2n) is 4.32. The minimum Gasteiger partial charge on any atom is -0.358 e. The first-order valence-electron chi connectivity index (χ1n) is 5.69. The summed E-state index contributed by atoms with van der Waals surface area (Å²) in [6, 6.07) is 11.0.